The van der Waals surface area contributed by atoms with Gasteiger partial charge in [0.2, 0.25) is 5.91 Å². The van der Waals surface area contributed by atoms with Crippen molar-refractivity contribution >= 4 is 17.3 Å². The molecular weight excluding hydrogens is 371 g/mol. The van der Waals surface area contributed by atoms with Crippen molar-refractivity contribution in [2.24, 2.45) is 0 Å². The van der Waals surface area contributed by atoms with Crippen molar-refractivity contribution in [3.8, 4) is 11.5 Å². The normalized spacial score (nSPS) is 10.3. The molecule has 6 heteroatoms. The van der Waals surface area contributed by atoms with Gasteiger partial charge in [-0.05, 0) is 60.2 Å². The Balaban J connectivity index is 1.41. The number of carbonyl (C=O) groups is 1. The van der Waals surface area contributed by atoms with Gasteiger partial charge in [0.15, 0.2) is 0 Å². The lowest BCUT2D eigenvalue weighted by Crippen LogP contribution is -2.15. The molecule has 0 unspecified atom stereocenters. The van der Waals surface area contributed by atoms with Gasteiger partial charge >= 0.3 is 0 Å². The second kappa shape index (κ2) is 10.1. The summed E-state index contributed by atoms with van der Waals surface area (Å²) in [6, 6.07) is 21.0. The minimum atomic E-state index is -0.376. The van der Waals surface area contributed by atoms with Gasteiger partial charge in [-0.2, -0.15) is 0 Å². The van der Waals surface area contributed by atoms with Gasteiger partial charge in [0, 0.05) is 17.9 Å². The van der Waals surface area contributed by atoms with Crippen molar-refractivity contribution in [2.75, 3.05) is 30.9 Å². The Bertz CT molecular complexity index is 928. The van der Waals surface area contributed by atoms with Crippen LogP contribution in [0.15, 0.2) is 72.8 Å². The Morgan fingerprint density at radius 2 is 1.55 bits per heavy atom. The third-order valence-corrected chi connectivity index (χ3v) is 4.24. The van der Waals surface area contributed by atoms with E-state index in [1.165, 1.54) is 6.07 Å². The summed E-state index contributed by atoms with van der Waals surface area (Å²) in [6.45, 7) is 1.14. The van der Waals surface area contributed by atoms with E-state index in [2.05, 4.69) is 10.6 Å². The molecule has 0 aromatic heterocycles. The molecule has 3 rings (SSSR count). The van der Waals surface area contributed by atoms with Crippen LogP contribution in [0.4, 0.5) is 15.8 Å². The van der Waals surface area contributed by atoms with Crippen LogP contribution < -0.4 is 20.1 Å². The fourth-order valence-electron chi connectivity index (χ4n) is 2.73. The van der Waals surface area contributed by atoms with Crippen LogP contribution in [0.3, 0.4) is 0 Å². The number of hydrogen-bond donors (Lipinski definition) is 2. The van der Waals surface area contributed by atoms with Gasteiger partial charge in [-0.25, -0.2) is 4.39 Å². The second-order valence-corrected chi connectivity index (χ2v) is 6.34. The fraction of sp³-hybridized carbons (Fsp3) is 0.174. The molecule has 0 radical (unpaired) electrons. The number of ether oxygens (including phenoxy) is 2. The molecule has 0 aliphatic rings. The Morgan fingerprint density at radius 3 is 2.24 bits per heavy atom. The van der Waals surface area contributed by atoms with Crippen LogP contribution in [0.2, 0.25) is 0 Å². The Labute approximate surface area is 169 Å². The standard InChI is InChI=1S/C23H23FN2O3/c1-28-20-10-12-21(13-11-20)29-15-14-25-18-6-8-19(9-7-18)26-23(27)16-17-4-2-3-5-22(17)24/h2-13,25H,14-16H2,1H3,(H,26,27). The van der Waals surface area contributed by atoms with Crippen LogP contribution in [0, 0.1) is 5.82 Å². The van der Waals surface area contributed by atoms with E-state index in [-0.39, 0.29) is 18.1 Å². The molecule has 3 aromatic rings. The first-order chi connectivity index (χ1) is 14.1. The topological polar surface area (TPSA) is 59.6 Å². The first-order valence-corrected chi connectivity index (χ1v) is 9.28. The summed E-state index contributed by atoms with van der Waals surface area (Å²) in [6.07, 6.45) is -0.00459. The minimum Gasteiger partial charge on any atom is -0.497 e. The third kappa shape index (κ3) is 6.24. The lowest BCUT2D eigenvalue weighted by Gasteiger charge is -2.10. The number of halogens is 1. The van der Waals surface area contributed by atoms with Gasteiger partial charge in [-0.1, -0.05) is 18.2 Å². The summed E-state index contributed by atoms with van der Waals surface area (Å²) >= 11 is 0. The molecular formula is C23H23FN2O3. The van der Waals surface area contributed by atoms with Gasteiger partial charge < -0.3 is 20.1 Å². The van der Waals surface area contributed by atoms with Gasteiger partial charge in [0.25, 0.3) is 0 Å². The summed E-state index contributed by atoms with van der Waals surface area (Å²) in [4.78, 5) is 12.1. The molecule has 0 saturated heterocycles. The molecule has 1 amide bonds. The third-order valence-electron chi connectivity index (χ3n) is 4.24. The molecule has 2 N–H and O–H groups in total. The Morgan fingerprint density at radius 1 is 0.897 bits per heavy atom. The van der Waals surface area contributed by atoms with E-state index in [9.17, 15) is 9.18 Å². The SMILES string of the molecule is COc1ccc(OCCNc2ccc(NC(=O)Cc3ccccc3F)cc2)cc1. The quantitative estimate of drug-likeness (QED) is 0.525. The van der Waals surface area contributed by atoms with Gasteiger partial charge in [0.1, 0.15) is 23.9 Å². The van der Waals surface area contributed by atoms with Crippen molar-refractivity contribution in [3.05, 3.63) is 84.2 Å². The van der Waals surface area contributed by atoms with E-state index in [4.69, 9.17) is 9.47 Å². The predicted molar refractivity (Wildman–Crippen MR) is 112 cm³/mol. The average Bonchev–Trinajstić information content (AvgIpc) is 2.74. The highest BCUT2D eigenvalue weighted by molar-refractivity contribution is 5.92. The largest absolute Gasteiger partial charge is 0.497 e. The molecule has 0 atom stereocenters. The van der Waals surface area contributed by atoms with Crippen molar-refractivity contribution in [2.45, 2.75) is 6.42 Å². The highest BCUT2D eigenvalue weighted by atomic mass is 19.1. The zero-order valence-corrected chi connectivity index (χ0v) is 16.2. The highest BCUT2D eigenvalue weighted by Crippen LogP contribution is 2.17. The lowest BCUT2D eigenvalue weighted by atomic mass is 10.1. The maximum absolute atomic E-state index is 13.6. The highest BCUT2D eigenvalue weighted by Gasteiger charge is 2.08. The summed E-state index contributed by atoms with van der Waals surface area (Å²) in [5.74, 6) is 0.930. The molecule has 0 aliphatic carbocycles. The van der Waals surface area contributed by atoms with E-state index in [1.54, 1.807) is 37.4 Å². The van der Waals surface area contributed by atoms with Crippen LogP contribution >= 0.6 is 0 Å². The van der Waals surface area contributed by atoms with Crippen LogP contribution in [0.25, 0.3) is 0 Å². The first kappa shape index (κ1) is 20.2. The first-order valence-electron chi connectivity index (χ1n) is 9.28. The predicted octanol–water partition coefficient (Wildman–Crippen LogP) is 4.51. The molecule has 0 aliphatic heterocycles. The van der Waals surface area contributed by atoms with Crippen LogP contribution in [-0.4, -0.2) is 26.2 Å². The lowest BCUT2D eigenvalue weighted by molar-refractivity contribution is -0.115. The smallest absolute Gasteiger partial charge is 0.228 e. The molecule has 5 nitrogen and oxygen atoms in total. The maximum atomic E-state index is 13.6. The molecule has 29 heavy (non-hydrogen) atoms. The Hall–Kier alpha value is -3.54. The number of anilines is 2. The van der Waals surface area contributed by atoms with E-state index in [1.807, 2.05) is 36.4 Å². The van der Waals surface area contributed by atoms with E-state index in [0.29, 0.717) is 24.4 Å². The van der Waals surface area contributed by atoms with E-state index < -0.39 is 0 Å². The number of hydrogen-bond acceptors (Lipinski definition) is 4. The molecule has 0 fully saturated rings. The zero-order chi connectivity index (χ0) is 20.5. The van der Waals surface area contributed by atoms with Crippen molar-refractivity contribution in [1.82, 2.24) is 0 Å². The number of benzene rings is 3. The monoisotopic (exact) mass is 394 g/mol. The molecule has 0 bridgehead atoms. The van der Waals surface area contributed by atoms with Crippen LogP contribution in [-0.2, 0) is 11.2 Å². The van der Waals surface area contributed by atoms with Crippen molar-refractivity contribution < 1.29 is 18.7 Å². The van der Waals surface area contributed by atoms with E-state index >= 15 is 0 Å². The molecule has 3 aromatic carbocycles. The molecule has 150 valence electrons. The number of nitrogens with one attached hydrogen (secondary N) is 2. The number of carbonyl (C=O) groups excluding carboxylic acids is 1. The summed E-state index contributed by atoms with van der Waals surface area (Å²) in [7, 11) is 1.62. The zero-order valence-electron chi connectivity index (χ0n) is 16.2. The maximum Gasteiger partial charge on any atom is 0.228 e. The second-order valence-electron chi connectivity index (χ2n) is 6.34. The Kier molecular flexibility index (Phi) is 7.05. The summed E-state index contributed by atoms with van der Waals surface area (Å²) in [5, 5.41) is 6.03. The number of rotatable bonds is 9. The molecule has 0 heterocycles. The fourth-order valence-corrected chi connectivity index (χ4v) is 2.73. The van der Waals surface area contributed by atoms with Gasteiger partial charge in [-0.15, -0.1) is 0 Å². The van der Waals surface area contributed by atoms with Gasteiger partial charge in [-0.3, -0.25) is 4.79 Å². The van der Waals surface area contributed by atoms with Crippen molar-refractivity contribution in [3.63, 3.8) is 0 Å². The minimum absolute atomic E-state index is 0.00459. The number of methoxy groups -OCH3 is 1. The van der Waals surface area contributed by atoms with Crippen LogP contribution in [0.5, 0.6) is 11.5 Å². The van der Waals surface area contributed by atoms with Gasteiger partial charge in [0.05, 0.1) is 13.5 Å². The van der Waals surface area contributed by atoms with Crippen molar-refractivity contribution in [1.29, 1.82) is 0 Å². The van der Waals surface area contributed by atoms with Crippen LogP contribution in [0.1, 0.15) is 5.56 Å². The molecule has 0 saturated carbocycles. The summed E-state index contributed by atoms with van der Waals surface area (Å²) < 4.78 is 24.4. The number of amides is 1. The average molecular weight is 394 g/mol. The van der Waals surface area contributed by atoms with E-state index in [0.717, 1.165) is 17.2 Å². The molecule has 0 spiro atoms. The summed E-state index contributed by atoms with van der Waals surface area (Å²) in [5.41, 5.74) is 1.95.